The second-order valence-corrected chi connectivity index (χ2v) is 4.69. The zero-order valence-electron chi connectivity index (χ0n) is 10.7. The molecule has 4 N–H and O–H groups in total. The molecule has 2 aromatic rings. The minimum Gasteiger partial charge on any atom is -0.323 e. The van der Waals surface area contributed by atoms with Gasteiger partial charge in [-0.3, -0.25) is 10.6 Å². The summed E-state index contributed by atoms with van der Waals surface area (Å²) in [6, 6.07) is 9.06. The first-order valence-electron chi connectivity index (χ1n) is 5.85. The van der Waals surface area contributed by atoms with E-state index in [1.54, 1.807) is 25.1 Å². The van der Waals surface area contributed by atoms with Crippen LogP contribution in [0.3, 0.4) is 0 Å². The second-order valence-electron chi connectivity index (χ2n) is 4.25. The summed E-state index contributed by atoms with van der Waals surface area (Å²) >= 11 is 5.87. The summed E-state index contributed by atoms with van der Waals surface area (Å²) in [6.45, 7) is 1.62. The van der Waals surface area contributed by atoms with E-state index in [-0.39, 0.29) is 11.7 Å². The minimum absolute atomic E-state index is 0.307. The predicted octanol–water partition coefficient (Wildman–Crippen LogP) is 3.33. The van der Waals surface area contributed by atoms with Crippen molar-refractivity contribution in [3.63, 3.8) is 0 Å². The molecule has 0 bridgehead atoms. The molecule has 6 heteroatoms. The van der Waals surface area contributed by atoms with Crippen molar-refractivity contribution in [1.82, 2.24) is 0 Å². The number of carbonyl (C=O) groups excluding carboxylic acids is 1. The average Bonchev–Trinajstić information content (AvgIpc) is 2.43. The summed E-state index contributed by atoms with van der Waals surface area (Å²) in [4.78, 5) is 12.2. The molecular weight excluding hydrogens is 281 g/mol. The number of carbonyl (C=O) groups is 1. The third-order valence-electron chi connectivity index (χ3n) is 2.80. The van der Waals surface area contributed by atoms with Gasteiger partial charge in [0.2, 0.25) is 0 Å². The molecule has 2 rings (SSSR count). The van der Waals surface area contributed by atoms with Gasteiger partial charge < -0.3 is 10.7 Å². The van der Waals surface area contributed by atoms with Crippen LogP contribution in [0.4, 0.5) is 15.8 Å². The van der Waals surface area contributed by atoms with E-state index >= 15 is 0 Å². The summed E-state index contributed by atoms with van der Waals surface area (Å²) in [5.74, 6) is 4.65. The first-order chi connectivity index (χ1) is 9.51. The molecule has 0 aliphatic carbocycles. The first-order valence-corrected chi connectivity index (χ1v) is 6.22. The van der Waals surface area contributed by atoms with Gasteiger partial charge in [-0.15, -0.1) is 0 Å². The van der Waals surface area contributed by atoms with Gasteiger partial charge in [-0.05, 0) is 48.9 Å². The van der Waals surface area contributed by atoms with Crippen LogP contribution in [0.1, 0.15) is 15.9 Å². The maximum absolute atomic E-state index is 13.2. The van der Waals surface area contributed by atoms with E-state index in [1.165, 1.54) is 18.2 Å². The van der Waals surface area contributed by atoms with E-state index in [9.17, 15) is 9.18 Å². The lowest BCUT2D eigenvalue weighted by Crippen LogP contribution is -2.17. The number of hydrogen-bond donors (Lipinski definition) is 3. The highest BCUT2D eigenvalue weighted by atomic mass is 35.5. The van der Waals surface area contributed by atoms with Gasteiger partial charge in [-0.1, -0.05) is 11.6 Å². The quantitative estimate of drug-likeness (QED) is 0.601. The monoisotopic (exact) mass is 293 g/mol. The van der Waals surface area contributed by atoms with Crippen LogP contribution in [0.2, 0.25) is 5.02 Å². The fourth-order valence-electron chi connectivity index (χ4n) is 1.75. The molecule has 0 radical (unpaired) electrons. The van der Waals surface area contributed by atoms with Gasteiger partial charge in [0, 0.05) is 10.7 Å². The van der Waals surface area contributed by atoms with Gasteiger partial charge >= 0.3 is 0 Å². The van der Waals surface area contributed by atoms with Crippen LogP contribution >= 0.6 is 11.6 Å². The first kappa shape index (κ1) is 14.3. The van der Waals surface area contributed by atoms with Crippen LogP contribution in [0.15, 0.2) is 36.4 Å². The lowest BCUT2D eigenvalue weighted by Gasteiger charge is -2.10. The van der Waals surface area contributed by atoms with Crippen molar-refractivity contribution in [2.24, 2.45) is 5.84 Å². The van der Waals surface area contributed by atoms with E-state index < -0.39 is 0 Å². The standard InChI is InChI=1S/C14H13ClFN3O/c1-8-6-10(3-4-12(8)16)18-14(20)11-7-9(15)2-5-13(11)19-17/h2-7,19H,17H2,1H3,(H,18,20). The molecule has 20 heavy (non-hydrogen) atoms. The Labute approximate surface area is 120 Å². The normalized spacial score (nSPS) is 10.2. The SMILES string of the molecule is Cc1cc(NC(=O)c2cc(Cl)ccc2NN)ccc1F. The van der Waals surface area contributed by atoms with Crippen molar-refractivity contribution in [2.75, 3.05) is 10.7 Å². The Morgan fingerprint density at radius 2 is 2.00 bits per heavy atom. The number of nitrogen functional groups attached to an aromatic ring is 1. The van der Waals surface area contributed by atoms with Crippen LogP contribution in [0.25, 0.3) is 0 Å². The lowest BCUT2D eigenvalue weighted by atomic mass is 10.1. The average molecular weight is 294 g/mol. The Bertz CT molecular complexity index is 661. The fraction of sp³-hybridized carbons (Fsp3) is 0.0714. The van der Waals surface area contributed by atoms with Gasteiger partial charge in [-0.2, -0.15) is 0 Å². The number of nitrogens with one attached hydrogen (secondary N) is 2. The molecule has 0 aliphatic heterocycles. The summed E-state index contributed by atoms with van der Waals surface area (Å²) in [5.41, 5.74) is 4.13. The molecule has 0 fully saturated rings. The molecule has 0 aromatic heterocycles. The minimum atomic E-state index is -0.383. The zero-order chi connectivity index (χ0) is 14.7. The third kappa shape index (κ3) is 3.07. The number of anilines is 2. The van der Waals surface area contributed by atoms with Crippen molar-refractivity contribution in [2.45, 2.75) is 6.92 Å². The number of hydrazine groups is 1. The highest BCUT2D eigenvalue weighted by Crippen LogP contribution is 2.22. The predicted molar refractivity (Wildman–Crippen MR) is 78.4 cm³/mol. The lowest BCUT2D eigenvalue weighted by molar-refractivity contribution is 0.102. The molecule has 1 amide bonds. The van der Waals surface area contributed by atoms with Crippen LogP contribution in [-0.4, -0.2) is 5.91 Å². The van der Waals surface area contributed by atoms with Crippen molar-refractivity contribution >= 4 is 28.9 Å². The number of hydrogen-bond acceptors (Lipinski definition) is 3. The molecule has 0 saturated carbocycles. The Morgan fingerprint density at radius 1 is 1.25 bits per heavy atom. The van der Waals surface area contributed by atoms with E-state index in [4.69, 9.17) is 17.4 Å². The molecular formula is C14H13ClFN3O. The molecule has 104 valence electrons. The zero-order valence-corrected chi connectivity index (χ0v) is 11.5. The Kier molecular flexibility index (Phi) is 4.22. The van der Waals surface area contributed by atoms with E-state index in [0.29, 0.717) is 27.5 Å². The van der Waals surface area contributed by atoms with Crippen LogP contribution in [0.5, 0.6) is 0 Å². The van der Waals surface area contributed by atoms with Gasteiger partial charge in [0.15, 0.2) is 0 Å². The molecule has 4 nitrogen and oxygen atoms in total. The molecule has 0 spiro atoms. The summed E-state index contributed by atoms with van der Waals surface area (Å²) in [6.07, 6.45) is 0. The second kappa shape index (κ2) is 5.90. The summed E-state index contributed by atoms with van der Waals surface area (Å²) in [7, 11) is 0. The Morgan fingerprint density at radius 3 is 2.65 bits per heavy atom. The van der Waals surface area contributed by atoms with Crippen LogP contribution in [-0.2, 0) is 0 Å². The van der Waals surface area contributed by atoms with E-state index in [1.807, 2.05) is 0 Å². The molecule has 0 unspecified atom stereocenters. The van der Waals surface area contributed by atoms with Gasteiger partial charge in [0.05, 0.1) is 11.3 Å². The van der Waals surface area contributed by atoms with Crippen molar-refractivity contribution in [3.8, 4) is 0 Å². The molecule has 0 aliphatic rings. The van der Waals surface area contributed by atoms with Crippen LogP contribution in [0, 0.1) is 12.7 Å². The Balaban J connectivity index is 2.27. The maximum atomic E-state index is 13.2. The maximum Gasteiger partial charge on any atom is 0.257 e. The fourth-order valence-corrected chi connectivity index (χ4v) is 1.92. The van der Waals surface area contributed by atoms with Crippen molar-refractivity contribution in [1.29, 1.82) is 0 Å². The highest BCUT2D eigenvalue weighted by molar-refractivity contribution is 6.31. The number of rotatable bonds is 3. The summed E-state index contributed by atoms with van der Waals surface area (Å²) in [5, 5.41) is 3.09. The smallest absolute Gasteiger partial charge is 0.257 e. The van der Waals surface area contributed by atoms with Gasteiger partial charge in [-0.25, -0.2) is 4.39 Å². The van der Waals surface area contributed by atoms with Crippen molar-refractivity contribution < 1.29 is 9.18 Å². The van der Waals surface area contributed by atoms with E-state index in [0.717, 1.165) is 0 Å². The largest absolute Gasteiger partial charge is 0.323 e. The molecule has 0 atom stereocenters. The Hall–Kier alpha value is -2.11. The molecule has 0 heterocycles. The van der Waals surface area contributed by atoms with Crippen molar-refractivity contribution in [3.05, 3.63) is 58.4 Å². The van der Waals surface area contributed by atoms with Gasteiger partial charge in [0.25, 0.3) is 5.91 Å². The molecule has 0 saturated heterocycles. The van der Waals surface area contributed by atoms with Gasteiger partial charge in [0.1, 0.15) is 5.82 Å². The number of nitrogens with two attached hydrogens (primary N) is 1. The number of amides is 1. The molecule has 2 aromatic carbocycles. The topological polar surface area (TPSA) is 67.2 Å². The number of halogens is 2. The number of aryl methyl sites for hydroxylation is 1. The van der Waals surface area contributed by atoms with Crippen LogP contribution < -0.4 is 16.6 Å². The highest BCUT2D eigenvalue weighted by Gasteiger charge is 2.12. The third-order valence-corrected chi connectivity index (χ3v) is 3.03. The van der Waals surface area contributed by atoms with E-state index in [2.05, 4.69) is 10.7 Å². The summed E-state index contributed by atoms with van der Waals surface area (Å²) < 4.78 is 13.2. The number of benzene rings is 2.